The van der Waals surface area contributed by atoms with Crippen molar-refractivity contribution in [3.05, 3.63) is 51.3 Å². The third-order valence-corrected chi connectivity index (χ3v) is 4.41. The Labute approximate surface area is 136 Å². The van der Waals surface area contributed by atoms with Crippen molar-refractivity contribution in [2.45, 2.75) is 12.5 Å². The van der Waals surface area contributed by atoms with Crippen molar-refractivity contribution in [1.82, 2.24) is 0 Å². The molecule has 1 aliphatic rings. The molecule has 0 saturated carbocycles. The van der Waals surface area contributed by atoms with Gasteiger partial charge in [0.1, 0.15) is 17.3 Å². The monoisotopic (exact) mass is 399 g/mol. The van der Waals surface area contributed by atoms with Crippen LogP contribution in [0.2, 0.25) is 0 Å². The lowest BCUT2D eigenvalue weighted by Crippen LogP contribution is -2.20. The number of methoxy groups -OCH3 is 1. The van der Waals surface area contributed by atoms with Gasteiger partial charge < -0.3 is 14.8 Å². The Morgan fingerprint density at radius 2 is 2.14 bits per heavy atom. The molecular formula is C16H15FINO2. The lowest BCUT2D eigenvalue weighted by Gasteiger charge is -2.28. The first-order chi connectivity index (χ1) is 10.2. The average Bonchev–Trinajstić information content (AvgIpc) is 2.50. The summed E-state index contributed by atoms with van der Waals surface area (Å²) in [5.74, 6) is 1.45. The summed E-state index contributed by atoms with van der Waals surface area (Å²) in [5.41, 5.74) is 2.00. The second-order valence-corrected chi connectivity index (χ2v) is 6.02. The molecule has 1 heterocycles. The van der Waals surface area contributed by atoms with Crippen molar-refractivity contribution in [3.63, 3.8) is 0 Å². The van der Waals surface area contributed by atoms with E-state index in [0.717, 1.165) is 32.7 Å². The average molecular weight is 399 g/mol. The number of fused-ring (bicyclic) bond motifs is 1. The van der Waals surface area contributed by atoms with Crippen LogP contribution < -0.4 is 14.8 Å². The van der Waals surface area contributed by atoms with Crippen LogP contribution in [0.4, 0.5) is 10.1 Å². The molecule has 1 N–H and O–H groups in total. The van der Waals surface area contributed by atoms with Gasteiger partial charge in [0.15, 0.2) is 0 Å². The summed E-state index contributed by atoms with van der Waals surface area (Å²) in [6.07, 6.45) is 0.855. The number of ether oxygens (including phenoxy) is 2. The van der Waals surface area contributed by atoms with Crippen LogP contribution in [-0.4, -0.2) is 13.7 Å². The van der Waals surface area contributed by atoms with Gasteiger partial charge in [-0.1, -0.05) is 0 Å². The van der Waals surface area contributed by atoms with Gasteiger partial charge in [-0.25, -0.2) is 4.39 Å². The predicted octanol–water partition coefficient (Wildman–Crippen LogP) is 4.37. The first kappa shape index (κ1) is 14.4. The van der Waals surface area contributed by atoms with Crippen LogP contribution in [0.1, 0.15) is 18.0 Å². The molecule has 0 bridgehead atoms. The summed E-state index contributed by atoms with van der Waals surface area (Å²) in [5, 5.41) is 3.47. The van der Waals surface area contributed by atoms with Gasteiger partial charge in [0.25, 0.3) is 0 Å². The fourth-order valence-electron chi connectivity index (χ4n) is 2.44. The molecule has 2 aromatic carbocycles. The Balaban J connectivity index is 1.90. The molecule has 1 aliphatic heterocycles. The Kier molecular flexibility index (Phi) is 4.19. The second kappa shape index (κ2) is 6.09. The number of halogens is 2. The van der Waals surface area contributed by atoms with E-state index < -0.39 is 0 Å². The molecular weight excluding hydrogens is 384 g/mol. The summed E-state index contributed by atoms with van der Waals surface area (Å²) in [4.78, 5) is 0. The highest BCUT2D eigenvalue weighted by molar-refractivity contribution is 14.1. The Morgan fingerprint density at radius 1 is 1.29 bits per heavy atom. The lowest BCUT2D eigenvalue weighted by atomic mass is 10.00. The van der Waals surface area contributed by atoms with Crippen LogP contribution in [-0.2, 0) is 0 Å². The van der Waals surface area contributed by atoms with E-state index in [-0.39, 0.29) is 11.9 Å². The highest BCUT2D eigenvalue weighted by atomic mass is 127. The summed E-state index contributed by atoms with van der Waals surface area (Å²) in [6, 6.07) is 10.7. The Bertz CT molecular complexity index is 663. The van der Waals surface area contributed by atoms with Crippen LogP contribution >= 0.6 is 22.6 Å². The summed E-state index contributed by atoms with van der Waals surface area (Å²) in [7, 11) is 1.65. The van der Waals surface area contributed by atoms with Crippen LogP contribution in [0.15, 0.2) is 36.4 Å². The fourth-order valence-corrected chi connectivity index (χ4v) is 3.08. The molecule has 21 heavy (non-hydrogen) atoms. The highest BCUT2D eigenvalue weighted by Gasteiger charge is 2.22. The lowest BCUT2D eigenvalue weighted by molar-refractivity contribution is 0.273. The van der Waals surface area contributed by atoms with Gasteiger partial charge in [-0.15, -0.1) is 0 Å². The van der Waals surface area contributed by atoms with E-state index in [1.54, 1.807) is 13.2 Å². The van der Waals surface area contributed by atoms with Gasteiger partial charge in [-0.3, -0.25) is 0 Å². The molecule has 0 spiro atoms. The van der Waals surface area contributed by atoms with Crippen molar-refractivity contribution in [2.24, 2.45) is 0 Å². The molecule has 5 heteroatoms. The molecule has 0 saturated heterocycles. The highest BCUT2D eigenvalue weighted by Crippen LogP contribution is 2.37. The predicted molar refractivity (Wildman–Crippen MR) is 88.6 cm³/mol. The van der Waals surface area contributed by atoms with Crippen molar-refractivity contribution >= 4 is 28.3 Å². The standard InChI is InChI=1S/C16H15FINO2/c1-20-11-3-5-16-12(9-11)14(6-7-21-16)19-15-4-2-10(17)8-13(15)18/h2-5,8-9,14,19H,6-7H2,1H3. The van der Waals surface area contributed by atoms with Crippen LogP contribution in [0, 0.1) is 9.39 Å². The van der Waals surface area contributed by atoms with Gasteiger partial charge in [0.05, 0.1) is 19.8 Å². The van der Waals surface area contributed by atoms with Crippen molar-refractivity contribution < 1.29 is 13.9 Å². The van der Waals surface area contributed by atoms with Crippen LogP contribution in [0.25, 0.3) is 0 Å². The minimum absolute atomic E-state index is 0.128. The topological polar surface area (TPSA) is 30.5 Å². The smallest absolute Gasteiger partial charge is 0.124 e. The molecule has 0 amide bonds. The number of anilines is 1. The molecule has 1 unspecified atom stereocenters. The first-order valence-electron chi connectivity index (χ1n) is 6.69. The van der Waals surface area contributed by atoms with Gasteiger partial charge in [-0.05, 0) is 59.0 Å². The molecule has 0 aliphatic carbocycles. The van der Waals surface area contributed by atoms with E-state index in [2.05, 4.69) is 27.9 Å². The largest absolute Gasteiger partial charge is 0.497 e. The minimum atomic E-state index is -0.223. The van der Waals surface area contributed by atoms with Crippen LogP contribution in [0.5, 0.6) is 11.5 Å². The van der Waals surface area contributed by atoms with E-state index in [0.29, 0.717) is 6.61 Å². The van der Waals surface area contributed by atoms with E-state index in [1.807, 2.05) is 18.2 Å². The number of benzene rings is 2. The second-order valence-electron chi connectivity index (χ2n) is 4.86. The van der Waals surface area contributed by atoms with Gasteiger partial charge in [0, 0.05) is 21.2 Å². The molecule has 0 radical (unpaired) electrons. The third kappa shape index (κ3) is 3.07. The molecule has 0 fully saturated rings. The Hall–Kier alpha value is -1.50. The number of rotatable bonds is 3. The zero-order valence-electron chi connectivity index (χ0n) is 11.5. The Morgan fingerprint density at radius 3 is 2.90 bits per heavy atom. The maximum Gasteiger partial charge on any atom is 0.124 e. The van der Waals surface area contributed by atoms with Gasteiger partial charge in [-0.2, -0.15) is 0 Å². The molecule has 2 aromatic rings. The molecule has 1 atom stereocenters. The quantitative estimate of drug-likeness (QED) is 0.778. The maximum atomic E-state index is 13.2. The third-order valence-electron chi connectivity index (χ3n) is 3.52. The fraction of sp³-hybridized carbons (Fsp3) is 0.250. The number of hydrogen-bond acceptors (Lipinski definition) is 3. The molecule has 0 aromatic heterocycles. The molecule has 3 rings (SSSR count). The first-order valence-corrected chi connectivity index (χ1v) is 7.77. The van der Waals surface area contributed by atoms with E-state index >= 15 is 0 Å². The summed E-state index contributed by atoms with van der Waals surface area (Å²) < 4.78 is 25.0. The minimum Gasteiger partial charge on any atom is -0.497 e. The zero-order chi connectivity index (χ0) is 14.8. The van der Waals surface area contributed by atoms with E-state index in [4.69, 9.17) is 9.47 Å². The van der Waals surface area contributed by atoms with Crippen molar-refractivity contribution in [2.75, 3.05) is 19.0 Å². The summed E-state index contributed by atoms with van der Waals surface area (Å²) in [6.45, 7) is 0.661. The number of hydrogen-bond donors (Lipinski definition) is 1. The van der Waals surface area contributed by atoms with Crippen LogP contribution in [0.3, 0.4) is 0 Å². The zero-order valence-corrected chi connectivity index (χ0v) is 13.7. The van der Waals surface area contributed by atoms with Gasteiger partial charge in [0.2, 0.25) is 0 Å². The van der Waals surface area contributed by atoms with Crippen molar-refractivity contribution in [1.29, 1.82) is 0 Å². The van der Waals surface area contributed by atoms with Crippen molar-refractivity contribution in [3.8, 4) is 11.5 Å². The van der Waals surface area contributed by atoms with E-state index in [1.165, 1.54) is 12.1 Å². The molecule has 110 valence electrons. The number of nitrogens with one attached hydrogen (secondary N) is 1. The maximum absolute atomic E-state index is 13.2. The SMILES string of the molecule is COc1ccc2c(c1)C(Nc1ccc(F)cc1I)CCO2. The van der Waals surface area contributed by atoms with E-state index in [9.17, 15) is 4.39 Å². The normalized spacial score (nSPS) is 16.8. The van der Waals surface area contributed by atoms with Gasteiger partial charge >= 0.3 is 0 Å². The summed E-state index contributed by atoms with van der Waals surface area (Å²) >= 11 is 2.14. The molecule has 3 nitrogen and oxygen atoms in total.